The number of aromatic nitrogens is 3. The molecule has 0 bridgehead atoms. The van der Waals surface area contributed by atoms with E-state index in [-0.39, 0.29) is 11.8 Å². The molecule has 8 heteroatoms. The summed E-state index contributed by atoms with van der Waals surface area (Å²) < 4.78 is 44.1. The smallest absolute Gasteiger partial charge is 0.416 e. The number of fused-ring (bicyclic) bond motifs is 1. The zero-order chi connectivity index (χ0) is 19.7. The first-order chi connectivity index (χ1) is 13.4. The normalized spacial score (nSPS) is 11.7. The van der Waals surface area contributed by atoms with Crippen molar-refractivity contribution in [2.45, 2.75) is 22.9 Å². The summed E-state index contributed by atoms with van der Waals surface area (Å²) in [5, 5.41) is 0. The van der Waals surface area contributed by atoms with Gasteiger partial charge in [0.2, 0.25) is 0 Å². The summed E-state index contributed by atoms with van der Waals surface area (Å²) in [6, 6.07) is 12.5. The van der Waals surface area contributed by atoms with Crippen molar-refractivity contribution in [2.75, 3.05) is 0 Å². The fourth-order valence-electron chi connectivity index (χ4n) is 2.71. The van der Waals surface area contributed by atoms with Crippen LogP contribution in [0.1, 0.15) is 11.1 Å². The number of aryl methyl sites for hydroxylation is 1. The molecule has 0 saturated carbocycles. The number of hydrogen-bond donors (Lipinski definition) is 1. The molecule has 0 unspecified atom stereocenters. The number of pyridine rings is 1. The SMILES string of the molecule is Cc1c(Sc2ccncc2)ccc2[nH]c(Oc3cccc(C(F)(F)F)c3)nc12. The second-order valence-electron chi connectivity index (χ2n) is 6.04. The van der Waals surface area contributed by atoms with Gasteiger partial charge in [-0.1, -0.05) is 17.8 Å². The molecule has 28 heavy (non-hydrogen) atoms. The fraction of sp³-hybridized carbons (Fsp3) is 0.100. The Hall–Kier alpha value is -3.00. The van der Waals surface area contributed by atoms with E-state index in [1.54, 1.807) is 24.2 Å². The summed E-state index contributed by atoms with van der Waals surface area (Å²) in [5.41, 5.74) is 1.64. The lowest BCUT2D eigenvalue weighted by Gasteiger charge is -2.08. The first-order valence-corrected chi connectivity index (χ1v) is 9.14. The van der Waals surface area contributed by atoms with E-state index in [9.17, 15) is 13.2 Å². The highest BCUT2D eigenvalue weighted by Gasteiger charge is 2.30. The third kappa shape index (κ3) is 3.82. The van der Waals surface area contributed by atoms with Gasteiger partial charge < -0.3 is 9.72 Å². The van der Waals surface area contributed by atoms with Crippen LogP contribution in [0, 0.1) is 6.92 Å². The van der Waals surface area contributed by atoms with Crippen LogP contribution in [0.2, 0.25) is 0 Å². The van der Waals surface area contributed by atoms with E-state index in [1.807, 2.05) is 31.2 Å². The molecule has 4 nitrogen and oxygen atoms in total. The van der Waals surface area contributed by atoms with Gasteiger partial charge in [-0.3, -0.25) is 4.98 Å². The van der Waals surface area contributed by atoms with Gasteiger partial charge in [0.25, 0.3) is 6.01 Å². The molecule has 2 heterocycles. The van der Waals surface area contributed by atoms with Gasteiger partial charge >= 0.3 is 6.18 Å². The lowest BCUT2D eigenvalue weighted by Crippen LogP contribution is -2.04. The molecule has 0 saturated heterocycles. The average molecular weight is 401 g/mol. The van der Waals surface area contributed by atoms with Crippen molar-refractivity contribution in [3.63, 3.8) is 0 Å². The van der Waals surface area contributed by atoms with Gasteiger partial charge in [-0.2, -0.15) is 18.2 Å². The molecule has 0 radical (unpaired) electrons. The molecular weight excluding hydrogens is 387 g/mol. The number of halogens is 3. The van der Waals surface area contributed by atoms with E-state index in [0.717, 1.165) is 33.0 Å². The zero-order valence-corrected chi connectivity index (χ0v) is 15.4. The second kappa shape index (κ2) is 7.20. The highest BCUT2D eigenvalue weighted by atomic mass is 32.2. The number of hydrogen-bond acceptors (Lipinski definition) is 4. The number of imidazole rings is 1. The highest BCUT2D eigenvalue weighted by Crippen LogP contribution is 2.35. The van der Waals surface area contributed by atoms with Crippen LogP contribution in [0.15, 0.2) is 70.7 Å². The Balaban J connectivity index is 1.62. The van der Waals surface area contributed by atoms with Gasteiger partial charge in [-0.05, 0) is 55.0 Å². The molecular formula is C20H14F3N3OS. The largest absolute Gasteiger partial charge is 0.426 e. The zero-order valence-electron chi connectivity index (χ0n) is 14.6. The molecule has 0 aliphatic carbocycles. The summed E-state index contributed by atoms with van der Waals surface area (Å²) in [7, 11) is 0. The minimum absolute atomic E-state index is 0.0675. The Morgan fingerprint density at radius 3 is 2.57 bits per heavy atom. The predicted molar refractivity (Wildman–Crippen MR) is 101 cm³/mol. The molecule has 4 rings (SSSR count). The van der Waals surface area contributed by atoms with E-state index in [4.69, 9.17) is 4.74 Å². The Bertz CT molecular complexity index is 1130. The van der Waals surface area contributed by atoms with Gasteiger partial charge in [0, 0.05) is 22.2 Å². The number of ether oxygens (including phenoxy) is 1. The van der Waals surface area contributed by atoms with E-state index in [2.05, 4.69) is 15.0 Å². The van der Waals surface area contributed by atoms with Crippen LogP contribution in [0.25, 0.3) is 11.0 Å². The van der Waals surface area contributed by atoms with Gasteiger partial charge in [0.15, 0.2) is 0 Å². The van der Waals surface area contributed by atoms with Crippen LogP contribution in [0.4, 0.5) is 13.2 Å². The molecule has 0 atom stereocenters. The summed E-state index contributed by atoms with van der Waals surface area (Å²) in [6.07, 6.45) is -0.972. The summed E-state index contributed by atoms with van der Waals surface area (Å²) >= 11 is 1.59. The molecule has 2 aromatic carbocycles. The molecule has 0 aliphatic heterocycles. The maximum absolute atomic E-state index is 12.9. The number of nitrogens with zero attached hydrogens (tertiary/aromatic N) is 2. The molecule has 4 aromatic rings. The number of aromatic amines is 1. The fourth-order valence-corrected chi connectivity index (χ4v) is 3.61. The molecule has 2 aromatic heterocycles. The molecule has 0 spiro atoms. The molecule has 142 valence electrons. The molecule has 0 fully saturated rings. The van der Waals surface area contributed by atoms with Crippen molar-refractivity contribution < 1.29 is 17.9 Å². The Kier molecular flexibility index (Phi) is 4.72. The topological polar surface area (TPSA) is 50.8 Å². The lowest BCUT2D eigenvalue weighted by molar-refractivity contribution is -0.137. The van der Waals surface area contributed by atoms with Crippen molar-refractivity contribution in [1.29, 1.82) is 0 Å². The maximum atomic E-state index is 12.9. The Labute approximate surface area is 162 Å². The summed E-state index contributed by atoms with van der Waals surface area (Å²) in [5.74, 6) is 0.0675. The third-order valence-corrected chi connectivity index (χ3v) is 5.26. The third-order valence-electron chi connectivity index (χ3n) is 4.09. The standard InChI is InChI=1S/C20H14F3N3OS/c1-12-17(28-15-7-9-24-10-8-15)6-5-16-18(12)26-19(25-16)27-14-4-2-3-13(11-14)20(21,22)23/h2-11H,1H3,(H,25,26). The number of rotatable bonds is 4. The van der Waals surface area contributed by atoms with Crippen LogP contribution in [-0.4, -0.2) is 15.0 Å². The quantitative estimate of drug-likeness (QED) is 0.440. The van der Waals surface area contributed by atoms with E-state index in [0.29, 0.717) is 5.52 Å². The van der Waals surface area contributed by atoms with Crippen molar-refractivity contribution >= 4 is 22.8 Å². The number of nitrogens with one attached hydrogen (secondary N) is 1. The minimum Gasteiger partial charge on any atom is -0.426 e. The van der Waals surface area contributed by atoms with Crippen LogP contribution >= 0.6 is 11.8 Å². The van der Waals surface area contributed by atoms with Crippen molar-refractivity contribution in [3.8, 4) is 11.8 Å². The van der Waals surface area contributed by atoms with Gasteiger partial charge in [-0.25, -0.2) is 0 Å². The average Bonchev–Trinajstić information content (AvgIpc) is 3.08. The number of benzene rings is 2. The first kappa shape index (κ1) is 18.4. The Morgan fingerprint density at radius 2 is 1.82 bits per heavy atom. The van der Waals surface area contributed by atoms with E-state index < -0.39 is 11.7 Å². The maximum Gasteiger partial charge on any atom is 0.416 e. The van der Waals surface area contributed by atoms with Crippen LogP contribution in [0.3, 0.4) is 0 Å². The monoisotopic (exact) mass is 401 g/mol. The summed E-state index contributed by atoms with van der Waals surface area (Å²) in [6.45, 7) is 1.95. The van der Waals surface area contributed by atoms with E-state index in [1.165, 1.54) is 12.1 Å². The van der Waals surface area contributed by atoms with Crippen molar-refractivity contribution in [3.05, 3.63) is 72.1 Å². The Morgan fingerprint density at radius 1 is 1.04 bits per heavy atom. The first-order valence-electron chi connectivity index (χ1n) is 8.32. The van der Waals surface area contributed by atoms with Crippen LogP contribution in [0.5, 0.6) is 11.8 Å². The number of H-pyrrole nitrogens is 1. The predicted octanol–water partition coefficient (Wildman–Crippen LogP) is 6.23. The van der Waals surface area contributed by atoms with Gasteiger partial charge in [-0.15, -0.1) is 0 Å². The molecule has 0 aliphatic rings. The van der Waals surface area contributed by atoms with Gasteiger partial charge in [0.05, 0.1) is 16.6 Å². The summed E-state index contributed by atoms with van der Waals surface area (Å²) in [4.78, 5) is 13.5. The molecule has 0 amide bonds. The minimum atomic E-state index is -4.43. The van der Waals surface area contributed by atoms with E-state index >= 15 is 0 Å². The lowest BCUT2D eigenvalue weighted by atomic mass is 10.2. The van der Waals surface area contributed by atoms with Crippen LogP contribution < -0.4 is 4.74 Å². The number of alkyl halides is 3. The van der Waals surface area contributed by atoms with Crippen molar-refractivity contribution in [1.82, 2.24) is 15.0 Å². The van der Waals surface area contributed by atoms with Crippen molar-refractivity contribution in [2.24, 2.45) is 0 Å². The highest BCUT2D eigenvalue weighted by molar-refractivity contribution is 7.99. The van der Waals surface area contributed by atoms with Crippen LogP contribution in [-0.2, 0) is 6.18 Å². The van der Waals surface area contributed by atoms with Gasteiger partial charge in [0.1, 0.15) is 5.75 Å². The molecule has 1 N–H and O–H groups in total. The second-order valence-corrected chi connectivity index (χ2v) is 7.15.